The Balaban J connectivity index is 2.07. The number of methoxy groups -OCH3 is 1. The number of thiazole rings is 1. The zero-order valence-electron chi connectivity index (χ0n) is 17.2. The van der Waals surface area contributed by atoms with E-state index in [9.17, 15) is 9.90 Å². The van der Waals surface area contributed by atoms with Crippen molar-refractivity contribution in [2.24, 2.45) is 10.9 Å². The van der Waals surface area contributed by atoms with Crippen molar-refractivity contribution in [1.82, 2.24) is 4.57 Å². The fraction of sp³-hybridized carbons (Fsp3) is 0.524. The Morgan fingerprint density at radius 2 is 2.24 bits per heavy atom. The van der Waals surface area contributed by atoms with Crippen LogP contribution in [0.2, 0.25) is 5.02 Å². The molecule has 0 saturated carbocycles. The zero-order valence-corrected chi connectivity index (χ0v) is 18.8. The summed E-state index contributed by atoms with van der Waals surface area (Å²) in [6.45, 7) is 7.61. The lowest BCUT2D eigenvalue weighted by Gasteiger charge is -2.23. The molecule has 1 aromatic carbocycles. The molecule has 1 unspecified atom stereocenters. The molecule has 1 aromatic heterocycles. The third kappa shape index (κ3) is 5.09. The van der Waals surface area contributed by atoms with Crippen LogP contribution in [0.15, 0.2) is 23.2 Å². The number of carbonyl (C=O) groups is 1. The quantitative estimate of drug-likeness (QED) is 0.767. The summed E-state index contributed by atoms with van der Waals surface area (Å²) in [5, 5.41) is 11.0. The molecule has 6 nitrogen and oxygen atoms in total. The van der Waals surface area contributed by atoms with E-state index in [4.69, 9.17) is 21.1 Å². The highest BCUT2D eigenvalue weighted by atomic mass is 35.5. The molecular formula is C21H27ClN2O4S. The summed E-state index contributed by atoms with van der Waals surface area (Å²) in [5.74, 6) is 0.342. The Labute approximate surface area is 179 Å². The molecule has 1 aliphatic heterocycles. The largest absolute Gasteiger partial charge is 0.496 e. The molecule has 29 heavy (non-hydrogen) atoms. The highest BCUT2D eigenvalue weighted by molar-refractivity contribution is 7.09. The number of aromatic nitrogens is 1. The van der Waals surface area contributed by atoms with Gasteiger partial charge in [-0.15, -0.1) is 0 Å². The van der Waals surface area contributed by atoms with Crippen molar-refractivity contribution in [1.29, 1.82) is 0 Å². The molecule has 1 atom stereocenters. The van der Waals surface area contributed by atoms with Gasteiger partial charge in [0.25, 0.3) is 5.91 Å². The normalized spacial score (nSPS) is 18.1. The number of hydrogen-bond acceptors (Lipinski definition) is 5. The van der Waals surface area contributed by atoms with Crippen molar-refractivity contribution in [2.75, 3.05) is 20.3 Å². The van der Waals surface area contributed by atoms with Crippen molar-refractivity contribution >= 4 is 28.8 Å². The maximum atomic E-state index is 13.0. The molecule has 2 aromatic rings. The molecule has 3 rings (SSSR count). The number of nitrogens with zero attached hydrogens (tertiary/aromatic N) is 2. The Kier molecular flexibility index (Phi) is 6.83. The summed E-state index contributed by atoms with van der Waals surface area (Å²) >= 11 is 7.40. The number of benzene rings is 1. The summed E-state index contributed by atoms with van der Waals surface area (Å²) in [6.07, 6.45) is 2.09. The van der Waals surface area contributed by atoms with Crippen LogP contribution in [0.1, 0.15) is 47.6 Å². The second-order valence-corrected chi connectivity index (χ2v) is 9.23. The Bertz CT molecular complexity index is 953. The number of hydrogen-bond donors (Lipinski definition) is 1. The van der Waals surface area contributed by atoms with Crippen LogP contribution in [-0.4, -0.2) is 35.9 Å². The standard InChI is InChI=1S/C21H27ClN2O4S/c1-13-18(21(2,3)26)29-20(24(13)11-14-6-5-9-28-12-14)23-19(25)16-10-15(22)7-8-17(16)27-4/h7-8,10,14,26H,5-6,9,11-12H2,1-4H3/b23-20-. The second kappa shape index (κ2) is 9.00. The average Bonchev–Trinajstić information content (AvgIpc) is 2.98. The van der Waals surface area contributed by atoms with Crippen molar-refractivity contribution in [2.45, 2.75) is 45.8 Å². The maximum absolute atomic E-state index is 13.0. The van der Waals surface area contributed by atoms with Gasteiger partial charge >= 0.3 is 0 Å². The van der Waals surface area contributed by atoms with Gasteiger partial charge in [-0.3, -0.25) is 4.79 Å². The van der Waals surface area contributed by atoms with Crippen LogP contribution in [0.3, 0.4) is 0 Å². The Morgan fingerprint density at radius 3 is 2.86 bits per heavy atom. The van der Waals surface area contributed by atoms with E-state index in [-0.39, 0.29) is 0 Å². The SMILES string of the molecule is COc1ccc(Cl)cc1C(=O)/N=c1\sc(C(C)(C)O)c(C)n1CC1CCCOC1. The van der Waals surface area contributed by atoms with Gasteiger partial charge in [-0.25, -0.2) is 0 Å². The molecule has 0 spiro atoms. The Hall–Kier alpha value is -1.67. The zero-order chi connectivity index (χ0) is 21.2. The molecule has 8 heteroatoms. The van der Waals surface area contributed by atoms with Crippen molar-refractivity contribution in [3.63, 3.8) is 0 Å². The minimum atomic E-state index is -1.02. The molecule has 0 bridgehead atoms. The fourth-order valence-corrected chi connectivity index (χ4v) is 4.87. The van der Waals surface area contributed by atoms with Gasteiger partial charge in [-0.1, -0.05) is 22.9 Å². The van der Waals surface area contributed by atoms with E-state index < -0.39 is 11.5 Å². The summed E-state index contributed by atoms with van der Waals surface area (Å²) in [7, 11) is 1.50. The van der Waals surface area contributed by atoms with E-state index in [0.29, 0.717) is 40.2 Å². The third-order valence-electron chi connectivity index (χ3n) is 5.00. The molecule has 1 saturated heterocycles. The number of amides is 1. The van der Waals surface area contributed by atoms with E-state index >= 15 is 0 Å². The molecule has 0 aliphatic carbocycles. The average molecular weight is 439 g/mol. The van der Waals surface area contributed by atoms with E-state index in [1.165, 1.54) is 18.4 Å². The second-order valence-electron chi connectivity index (χ2n) is 7.81. The van der Waals surface area contributed by atoms with Gasteiger partial charge in [0, 0.05) is 29.8 Å². The lowest BCUT2D eigenvalue weighted by molar-refractivity contribution is 0.0475. The van der Waals surface area contributed by atoms with Gasteiger partial charge in [0.15, 0.2) is 4.80 Å². The van der Waals surface area contributed by atoms with Gasteiger partial charge in [0.1, 0.15) is 5.75 Å². The lowest BCUT2D eigenvalue weighted by atomic mass is 10.0. The van der Waals surface area contributed by atoms with Gasteiger partial charge in [-0.05, 0) is 51.8 Å². The van der Waals surface area contributed by atoms with Crippen molar-refractivity contribution in [3.8, 4) is 5.75 Å². The highest BCUT2D eigenvalue weighted by Crippen LogP contribution is 2.28. The predicted molar refractivity (Wildman–Crippen MR) is 114 cm³/mol. The third-order valence-corrected chi connectivity index (χ3v) is 6.73. The number of halogens is 1. The minimum Gasteiger partial charge on any atom is -0.496 e. The summed E-state index contributed by atoms with van der Waals surface area (Å²) in [6, 6.07) is 4.88. The lowest BCUT2D eigenvalue weighted by Crippen LogP contribution is -2.28. The van der Waals surface area contributed by atoms with E-state index in [2.05, 4.69) is 4.99 Å². The van der Waals surface area contributed by atoms with Crippen LogP contribution in [0.4, 0.5) is 0 Å². The fourth-order valence-electron chi connectivity index (χ4n) is 3.56. The topological polar surface area (TPSA) is 73.0 Å². The van der Waals surface area contributed by atoms with Gasteiger partial charge in [0.05, 0.1) is 29.8 Å². The number of ether oxygens (including phenoxy) is 2. The smallest absolute Gasteiger partial charge is 0.283 e. The van der Waals surface area contributed by atoms with Crippen LogP contribution in [0.25, 0.3) is 0 Å². The first-order chi connectivity index (χ1) is 13.7. The number of carbonyl (C=O) groups excluding carboxylic acids is 1. The first-order valence-corrected chi connectivity index (χ1v) is 10.8. The molecule has 0 radical (unpaired) electrons. The molecule has 1 aliphatic rings. The van der Waals surface area contributed by atoms with Crippen LogP contribution < -0.4 is 9.54 Å². The summed E-state index contributed by atoms with van der Waals surface area (Å²) < 4.78 is 12.9. The van der Waals surface area contributed by atoms with Crippen LogP contribution in [0, 0.1) is 12.8 Å². The summed E-state index contributed by atoms with van der Waals surface area (Å²) in [5.41, 5.74) is 0.200. The number of aliphatic hydroxyl groups is 1. The summed E-state index contributed by atoms with van der Waals surface area (Å²) in [4.78, 5) is 18.7. The van der Waals surface area contributed by atoms with Crippen LogP contribution >= 0.6 is 22.9 Å². The van der Waals surface area contributed by atoms with Gasteiger partial charge in [-0.2, -0.15) is 4.99 Å². The highest BCUT2D eigenvalue weighted by Gasteiger charge is 2.26. The number of rotatable bonds is 5. The molecule has 1 N–H and O–H groups in total. The van der Waals surface area contributed by atoms with Gasteiger partial charge < -0.3 is 19.1 Å². The maximum Gasteiger partial charge on any atom is 0.283 e. The minimum absolute atomic E-state index is 0.309. The van der Waals surface area contributed by atoms with Crippen LogP contribution in [-0.2, 0) is 16.9 Å². The molecule has 1 fully saturated rings. The predicted octanol–water partition coefficient (Wildman–Crippen LogP) is 3.92. The van der Waals surface area contributed by atoms with Crippen LogP contribution in [0.5, 0.6) is 5.75 Å². The van der Waals surface area contributed by atoms with Crippen molar-refractivity contribution < 1.29 is 19.4 Å². The molecule has 2 heterocycles. The molecule has 1 amide bonds. The molecule has 158 valence electrons. The Morgan fingerprint density at radius 1 is 1.48 bits per heavy atom. The van der Waals surface area contributed by atoms with Gasteiger partial charge in [0.2, 0.25) is 0 Å². The van der Waals surface area contributed by atoms with E-state index in [0.717, 1.165) is 30.0 Å². The van der Waals surface area contributed by atoms with Crippen molar-refractivity contribution in [3.05, 3.63) is 44.2 Å². The van der Waals surface area contributed by atoms with E-state index in [1.807, 2.05) is 11.5 Å². The molecular weight excluding hydrogens is 412 g/mol. The first kappa shape index (κ1) is 22.0. The van der Waals surface area contributed by atoms with E-state index in [1.54, 1.807) is 32.0 Å². The first-order valence-electron chi connectivity index (χ1n) is 9.64. The monoisotopic (exact) mass is 438 g/mol.